The number of piperidine rings is 1. The van der Waals surface area contributed by atoms with E-state index in [2.05, 4.69) is 33.4 Å². The molecule has 1 atom stereocenters. The molecule has 9 heteroatoms. The van der Waals surface area contributed by atoms with Crippen molar-refractivity contribution in [3.8, 4) is 0 Å². The summed E-state index contributed by atoms with van der Waals surface area (Å²) in [6.45, 7) is 7.33. The van der Waals surface area contributed by atoms with E-state index in [-0.39, 0.29) is 11.2 Å². The van der Waals surface area contributed by atoms with Crippen LogP contribution in [-0.2, 0) is 10.2 Å². The van der Waals surface area contributed by atoms with Crippen molar-refractivity contribution in [3.05, 3.63) is 41.7 Å². The number of hydrogen-bond acceptors (Lipinski definition) is 6. The van der Waals surface area contributed by atoms with Crippen molar-refractivity contribution in [2.75, 3.05) is 54.5 Å². The Balaban J connectivity index is 1.32. The topological polar surface area (TPSA) is 65.5 Å². The average Bonchev–Trinajstić information content (AvgIpc) is 3.44. The van der Waals surface area contributed by atoms with Crippen molar-refractivity contribution in [2.24, 2.45) is 0 Å². The van der Waals surface area contributed by atoms with Crippen molar-refractivity contribution in [1.82, 2.24) is 15.3 Å². The molecule has 194 valence electrons. The molecule has 5 rings (SSSR count). The standard InChI is InChI=1S/C27H37FN6OS/c1-20-6-2-3-15-34(20)24-18-23(33-13-4-5-14-33)30-25(31-24)32-26(36)29-19-27(11-16-35-17-12-27)21-7-9-22(28)10-8-21/h7-10,18,20H,2-6,11-17,19H2,1H3,(H2,29,30,31,32,36). The summed E-state index contributed by atoms with van der Waals surface area (Å²) >= 11 is 5.71. The normalized spacial score (nSPS) is 21.9. The maximum absolute atomic E-state index is 13.6. The third kappa shape index (κ3) is 5.72. The van der Waals surface area contributed by atoms with Gasteiger partial charge in [0, 0.05) is 56.9 Å². The van der Waals surface area contributed by atoms with Crippen LogP contribution in [0.5, 0.6) is 0 Å². The van der Waals surface area contributed by atoms with E-state index in [0.29, 0.717) is 36.9 Å². The Hall–Kier alpha value is -2.52. The van der Waals surface area contributed by atoms with Crippen LogP contribution in [0.2, 0.25) is 0 Å². The highest BCUT2D eigenvalue weighted by atomic mass is 32.1. The van der Waals surface area contributed by atoms with Gasteiger partial charge in [0.2, 0.25) is 5.95 Å². The van der Waals surface area contributed by atoms with Gasteiger partial charge in [-0.3, -0.25) is 0 Å². The zero-order chi connectivity index (χ0) is 25.0. The fourth-order valence-corrected chi connectivity index (χ4v) is 5.86. The summed E-state index contributed by atoms with van der Waals surface area (Å²) in [6.07, 6.45) is 7.72. The Kier molecular flexibility index (Phi) is 7.86. The van der Waals surface area contributed by atoms with E-state index in [0.717, 1.165) is 49.7 Å². The molecule has 36 heavy (non-hydrogen) atoms. The van der Waals surface area contributed by atoms with Crippen molar-refractivity contribution < 1.29 is 9.13 Å². The molecule has 3 fully saturated rings. The van der Waals surface area contributed by atoms with Crippen molar-refractivity contribution in [2.45, 2.75) is 63.3 Å². The fourth-order valence-electron chi connectivity index (χ4n) is 5.70. The molecule has 0 radical (unpaired) electrons. The number of thiocarbonyl (C=S) groups is 1. The molecule has 0 amide bonds. The lowest BCUT2D eigenvalue weighted by atomic mass is 9.74. The van der Waals surface area contributed by atoms with Crippen molar-refractivity contribution in [1.29, 1.82) is 0 Å². The number of aromatic nitrogens is 2. The van der Waals surface area contributed by atoms with Gasteiger partial charge < -0.3 is 25.2 Å². The van der Waals surface area contributed by atoms with Crippen LogP contribution in [0, 0.1) is 5.82 Å². The maximum Gasteiger partial charge on any atom is 0.232 e. The first-order valence-electron chi connectivity index (χ1n) is 13.3. The Morgan fingerprint density at radius 2 is 1.75 bits per heavy atom. The minimum atomic E-state index is -0.222. The number of hydrogen-bond donors (Lipinski definition) is 2. The third-order valence-corrected chi connectivity index (χ3v) is 8.19. The second kappa shape index (κ2) is 11.3. The van der Waals surface area contributed by atoms with Crippen LogP contribution >= 0.6 is 12.2 Å². The van der Waals surface area contributed by atoms with Gasteiger partial charge in [-0.05, 0) is 81.8 Å². The molecule has 1 aromatic carbocycles. The molecule has 3 aliphatic rings. The highest BCUT2D eigenvalue weighted by Gasteiger charge is 2.34. The first-order valence-corrected chi connectivity index (χ1v) is 13.7. The van der Waals surface area contributed by atoms with Crippen LogP contribution in [0.1, 0.15) is 57.4 Å². The van der Waals surface area contributed by atoms with Crippen LogP contribution < -0.4 is 20.4 Å². The van der Waals surface area contributed by atoms with Crippen LogP contribution in [0.3, 0.4) is 0 Å². The second-order valence-corrected chi connectivity index (χ2v) is 10.8. The summed E-state index contributed by atoms with van der Waals surface area (Å²) in [5.74, 6) is 2.25. The van der Waals surface area contributed by atoms with E-state index < -0.39 is 0 Å². The van der Waals surface area contributed by atoms with Gasteiger partial charge in [-0.1, -0.05) is 12.1 Å². The highest BCUT2D eigenvalue weighted by molar-refractivity contribution is 7.80. The smallest absolute Gasteiger partial charge is 0.232 e. The Morgan fingerprint density at radius 1 is 1.06 bits per heavy atom. The molecule has 0 spiro atoms. The van der Waals surface area contributed by atoms with E-state index in [1.807, 2.05) is 12.1 Å². The number of halogens is 1. The summed E-state index contributed by atoms with van der Waals surface area (Å²) in [5.41, 5.74) is 0.945. The lowest BCUT2D eigenvalue weighted by molar-refractivity contribution is 0.0515. The zero-order valence-electron chi connectivity index (χ0n) is 21.1. The molecule has 0 saturated carbocycles. The van der Waals surface area contributed by atoms with Crippen molar-refractivity contribution >= 4 is 34.9 Å². The molecular weight excluding hydrogens is 475 g/mol. The largest absolute Gasteiger partial charge is 0.381 e. The number of rotatable bonds is 6. The van der Waals surface area contributed by atoms with Crippen molar-refractivity contribution in [3.63, 3.8) is 0 Å². The lowest BCUT2D eigenvalue weighted by Crippen LogP contribution is -2.45. The molecule has 3 aliphatic heterocycles. The monoisotopic (exact) mass is 512 g/mol. The van der Waals surface area contributed by atoms with E-state index in [4.69, 9.17) is 26.9 Å². The predicted molar refractivity (Wildman–Crippen MR) is 146 cm³/mol. The minimum absolute atomic E-state index is 0.162. The van der Waals surface area contributed by atoms with Gasteiger partial charge in [-0.15, -0.1) is 0 Å². The Labute approximate surface area is 218 Å². The van der Waals surface area contributed by atoms with Gasteiger partial charge in [0.25, 0.3) is 0 Å². The number of nitrogens with zero attached hydrogens (tertiary/aromatic N) is 4. The number of benzene rings is 1. The van der Waals surface area contributed by atoms with Gasteiger partial charge >= 0.3 is 0 Å². The number of anilines is 3. The first-order chi connectivity index (χ1) is 17.5. The molecule has 4 heterocycles. The quantitative estimate of drug-likeness (QED) is 0.544. The number of nitrogens with one attached hydrogen (secondary N) is 2. The zero-order valence-corrected chi connectivity index (χ0v) is 22.0. The van der Waals surface area contributed by atoms with Gasteiger partial charge in [-0.2, -0.15) is 9.97 Å². The minimum Gasteiger partial charge on any atom is -0.381 e. The predicted octanol–water partition coefficient (Wildman–Crippen LogP) is 4.63. The van der Waals surface area contributed by atoms with E-state index >= 15 is 0 Å². The average molecular weight is 513 g/mol. The Morgan fingerprint density at radius 3 is 2.47 bits per heavy atom. The molecule has 1 unspecified atom stereocenters. The van der Waals surface area contributed by atoms with Gasteiger partial charge in [0.1, 0.15) is 17.5 Å². The van der Waals surface area contributed by atoms with Gasteiger partial charge in [-0.25, -0.2) is 4.39 Å². The van der Waals surface area contributed by atoms with Gasteiger partial charge in [0.15, 0.2) is 5.11 Å². The summed E-state index contributed by atoms with van der Waals surface area (Å²) in [5, 5.41) is 7.19. The summed E-state index contributed by atoms with van der Waals surface area (Å²) < 4.78 is 19.2. The van der Waals surface area contributed by atoms with Gasteiger partial charge in [0.05, 0.1) is 0 Å². The van der Waals surface area contributed by atoms with Crippen LogP contribution in [0.4, 0.5) is 22.0 Å². The molecule has 1 aromatic heterocycles. The first kappa shape index (κ1) is 25.1. The molecule has 0 aliphatic carbocycles. The van der Waals surface area contributed by atoms with E-state index in [9.17, 15) is 4.39 Å². The molecular formula is C27H37FN6OS. The molecule has 2 N–H and O–H groups in total. The molecule has 2 aromatic rings. The second-order valence-electron chi connectivity index (χ2n) is 10.3. The summed E-state index contributed by atoms with van der Waals surface area (Å²) in [6, 6.07) is 9.43. The number of ether oxygens (including phenoxy) is 1. The summed E-state index contributed by atoms with van der Waals surface area (Å²) in [7, 11) is 0. The third-order valence-electron chi connectivity index (χ3n) is 7.95. The molecule has 7 nitrogen and oxygen atoms in total. The lowest BCUT2D eigenvalue weighted by Gasteiger charge is -2.38. The highest BCUT2D eigenvalue weighted by Crippen LogP contribution is 2.34. The van der Waals surface area contributed by atoms with Crippen LogP contribution in [0.15, 0.2) is 30.3 Å². The van der Waals surface area contributed by atoms with Crippen LogP contribution in [0.25, 0.3) is 0 Å². The maximum atomic E-state index is 13.6. The fraction of sp³-hybridized carbons (Fsp3) is 0.593. The Bertz CT molecular complexity index is 1040. The summed E-state index contributed by atoms with van der Waals surface area (Å²) in [4.78, 5) is 14.5. The van der Waals surface area contributed by atoms with E-state index in [1.54, 1.807) is 0 Å². The van der Waals surface area contributed by atoms with Crippen LogP contribution in [-0.4, -0.2) is 60.5 Å². The van der Waals surface area contributed by atoms with E-state index in [1.165, 1.54) is 44.2 Å². The SMILES string of the molecule is CC1CCCCN1c1cc(N2CCCC2)nc(NC(=S)NCC2(c3ccc(F)cc3)CCOCC2)n1. The molecule has 3 saturated heterocycles. The molecule has 0 bridgehead atoms.